The standard InChI is InChI=1S/C11H24N2O/c1-6-11(2,3)12-9-7-8-10(14)13(4)5/h12H,6-9H2,1-5H3. The van der Waals surface area contributed by atoms with Gasteiger partial charge in [-0.2, -0.15) is 0 Å². The number of carbonyl (C=O) groups is 1. The van der Waals surface area contributed by atoms with Gasteiger partial charge in [0.25, 0.3) is 0 Å². The molecule has 1 amide bonds. The smallest absolute Gasteiger partial charge is 0.222 e. The Balaban J connectivity index is 3.52. The topological polar surface area (TPSA) is 32.3 Å². The predicted octanol–water partition coefficient (Wildman–Crippen LogP) is 1.63. The SMILES string of the molecule is CCC(C)(C)NCCCC(=O)N(C)C. The Morgan fingerprint density at radius 1 is 1.36 bits per heavy atom. The highest BCUT2D eigenvalue weighted by molar-refractivity contribution is 5.75. The van der Waals surface area contributed by atoms with E-state index < -0.39 is 0 Å². The van der Waals surface area contributed by atoms with Gasteiger partial charge in [0, 0.05) is 26.1 Å². The number of hydrogen-bond acceptors (Lipinski definition) is 2. The fraction of sp³-hybridized carbons (Fsp3) is 0.909. The van der Waals surface area contributed by atoms with Crippen molar-refractivity contribution in [2.75, 3.05) is 20.6 Å². The fourth-order valence-electron chi connectivity index (χ4n) is 1.01. The predicted molar refractivity (Wildman–Crippen MR) is 60.3 cm³/mol. The summed E-state index contributed by atoms with van der Waals surface area (Å²) >= 11 is 0. The lowest BCUT2D eigenvalue weighted by atomic mass is 10.0. The third-order valence-corrected chi connectivity index (χ3v) is 2.55. The van der Waals surface area contributed by atoms with Gasteiger partial charge in [-0.25, -0.2) is 0 Å². The average molecular weight is 200 g/mol. The van der Waals surface area contributed by atoms with Crippen LogP contribution in [0, 0.1) is 0 Å². The second-order valence-corrected chi connectivity index (χ2v) is 4.56. The molecule has 84 valence electrons. The van der Waals surface area contributed by atoms with Crippen LogP contribution in [0.5, 0.6) is 0 Å². The van der Waals surface area contributed by atoms with E-state index in [4.69, 9.17) is 0 Å². The zero-order chi connectivity index (χ0) is 11.2. The molecule has 0 saturated carbocycles. The van der Waals surface area contributed by atoms with E-state index in [2.05, 4.69) is 26.1 Å². The lowest BCUT2D eigenvalue weighted by Gasteiger charge is -2.24. The number of rotatable bonds is 6. The molecule has 0 spiro atoms. The summed E-state index contributed by atoms with van der Waals surface area (Å²) in [5, 5.41) is 3.43. The van der Waals surface area contributed by atoms with Crippen molar-refractivity contribution in [2.45, 2.75) is 45.6 Å². The van der Waals surface area contributed by atoms with E-state index in [-0.39, 0.29) is 11.4 Å². The van der Waals surface area contributed by atoms with Crippen LogP contribution in [-0.2, 0) is 4.79 Å². The first-order valence-corrected chi connectivity index (χ1v) is 5.34. The van der Waals surface area contributed by atoms with Gasteiger partial charge in [0.2, 0.25) is 5.91 Å². The van der Waals surface area contributed by atoms with E-state index in [1.54, 1.807) is 19.0 Å². The van der Waals surface area contributed by atoms with Crippen molar-refractivity contribution in [3.63, 3.8) is 0 Å². The molecule has 0 radical (unpaired) electrons. The van der Waals surface area contributed by atoms with Crippen LogP contribution in [0.1, 0.15) is 40.0 Å². The highest BCUT2D eigenvalue weighted by atomic mass is 16.2. The zero-order valence-corrected chi connectivity index (χ0v) is 10.2. The van der Waals surface area contributed by atoms with E-state index in [9.17, 15) is 4.79 Å². The minimum Gasteiger partial charge on any atom is -0.349 e. The molecule has 0 unspecified atom stereocenters. The summed E-state index contributed by atoms with van der Waals surface area (Å²) in [6, 6.07) is 0. The highest BCUT2D eigenvalue weighted by Crippen LogP contribution is 2.06. The van der Waals surface area contributed by atoms with Gasteiger partial charge in [0.1, 0.15) is 0 Å². The molecule has 0 aromatic heterocycles. The molecule has 0 aromatic rings. The second-order valence-electron chi connectivity index (χ2n) is 4.56. The normalized spacial score (nSPS) is 11.5. The summed E-state index contributed by atoms with van der Waals surface area (Å²) in [7, 11) is 3.59. The number of nitrogens with zero attached hydrogens (tertiary/aromatic N) is 1. The molecule has 0 saturated heterocycles. The van der Waals surface area contributed by atoms with Crippen molar-refractivity contribution in [1.82, 2.24) is 10.2 Å². The molecule has 0 fully saturated rings. The molecular weight excluding hydrogens is 176 g/mol. The van der Waals surface area contributed by atoms with Crippen molar-refractivity contribution in [2.24, 2.45) is 0 Å². The van der Waals surface area contributed by atoms with E-state index in [0.29, 0.717) is 6.42 Å². The van der Waals surface area contributed by atoms with Crippen molar-refractivity contribution in [3.8, 4) is 0 Å². The Kier molecular flexibility index (Phi) is 5.77. The van der Waals surface area contributed by atoms with Crippen LogP contribution in [0.3, 0.4) is 0 Å². The molecule has 0 aromatic carbocycles. The zero-order valence-electron chi connectivity index (χ0n) is 10.2. The summed E-state index contributed by atoms with van der Waals surface area (Å²) in [5.74, 6) is 0.209. The third-order valence-electron chi connectivity index (χ3n) is 2.55. The summed E-state index contributed by atoms with van der Waals surface area (Å²) in [6.45, 7) is 7.44. The largest absolute Gasteiger partial charge is 0.349 e. The molecule has 0 aliphatic heterocycles. The quantitative estimate of drug-likeness (QED) is 0.661. The van der Waals surface area contributed by atoms with Crippen LogP contribution in [0.4, 0.5) is 0 Å². The summed E-state index contributed by atoms with van der Waals surface area (Å²) in [4.78, 5) is 12.9. The van der Waals surface area contributed by atoms with Crippen LogP contribution in [0.25, 0.3) is 0 Å². The number of nitrogens with one attached hydrogen (secondary N) is 1. The van der Waals surface area contributed by atoms with Crippen LogP contribution in [0.2, 0.25) is 0 Å². The number of amides is 1. The maximum Gasteiger partial charge on any atom is 0.222 e. The lowest BCUT2D eigenvalue weighted by molar-refractivity contribution is -0.128. The molecular formula is C11H24N2O. The van der Waals surface area contributed by atoms with Crippen LogP contribution in [0.15, 0.2) is 0 Å². The maximum absolute atomic E-state index is 11.2. The molecule has 0 heterocycles. The van der Waals surface area contributed by atoms with Crippen LogP contribution >= 0.6 is 0 Å². The minimum atomic E-state index is 0.196. The Morgan fingerprint density at radius 2 is 1.93 bits per heavy atom. The number of hydrogen-bond donors (Lipinski definition) is 1. The highest BCUT2D eigenvalue weighted by Gasteiger charge is 2.13. The Morgan fingerprint density at radius 3 is 2.36 bits per heavy atom. The van der Waals surface area contributed by atoms with E-state index >= 15 is 0 Å². The third kappa shape index (κ3) is 5.97. The first-order chi connectivity index (χ1) is 6.39. The van der Waals surface area contributed by atoms with Crippen LogP contribution < -0.4 is 5.32 Å². The van der Waals surface area contributed by atoms with Gasteiger partial charge in [-0.3, -0.25) is 4.79 Å². The fourth-order valence-corrected chi connectivity index (χ4v) is 1.01. The Hall–Kier alpha value is -0.570. The maximum atomic E-state index is 11.2. The van der Waals surface area contributed by atoms with Crippen molar-refractivity contribution < 1.29 is 4.79 Å². The van der Waals surface area contributed by atoms with Crippen molar-refractivity contribution in [3.05, 3.63) is 0 Å². The van der Waals surface area contributed by atoms with E-state index in [1.807, 2.05) is 0 Å². The lowest BCUT2D eigenvalue weighted by Crippen LogP contribution is -2.39. The van der Waals surface area contributed by atoms with Crippen molar-refractivity contribution in [1.29, 1.82) is 0 Å². The molecule has 0 atom stereocenters. The Labute approximate surface area is 87.9 Å². The second kappa shape index (κ2) is 6.02. The van der Waals surface area contributed by atoms with Gasteiger partial charge in [-0.05, 0) is 33.2 Å². The number of carbonyl (C=O) groups excluding carboxylic acids is 1. The Bertz CT molecular complexity index is 176. The van der Waals surface area contributed by atoms with Crippen LogP contribution in [-0.4, -0.2) is 37.0 Å². The minimum absolute atomic E-state index is 0.196. The molecule has 14 heavy (non-hydrogen) atoms. The van der Waals surface area contributed by atoms with E-state index in [0.717, 1.165) is 19.4 Å². The molecule has 0 aliphatic carbocycles. The first kappa shape index (κ1) is 13.4. The molecule has 3 heteroatoms. The van der Waals surface area contributed by atoms with Gasteiger partial charge in [0.15, 0.2) is 0 Å². The molecule has 0 rings (SSSR count). The van der Waals surface area contributed by atoms with E-state index in [1.165, 1.54) is 0 Å². The van der Waals surface area contributed by atoms with Crippen molar-refractivity contribution >= 4 is 5.91 Å². The van der Waals surface area contributed by atoms with Gasteiger partial charge < -0.3 is 10.2 Å². The van der Waals surface area contributed by atoms with Gasteiger partial charge in [0.05, 0.1) is 0 Å². The molecule has 3 nitrogen and oxygen atoms in total. The van der Waals surface area contributed by atoms with Gasteiger partial charge >= 0.3 is 0 Å². The molecule has 1 N–H and O–H groups in total. The monoisotopic (exact) mass is 200 g/mol. The summed E-state index contributed by atoms with van der Waals surface area (Å²) < 4.78 is 0. The average Bonchev–Trinajstić information content (AvgIpc) is 2.12. The summed E-state index contributed by atoms with van der Waals surface area (Å²) in [6.07, 6.45) is 2.66. The molecule has 0 aliphatic rings. The van der Waals surface area contributed by atoms with Gasteiger partial charge in [-0.15, -0.1) is 0 Å². The summed E-state index contributed by atoms with van der Waals surface area (Å²) in [5.41, 5.74) is 0.196. The first-order valence-electron chi connectivity index (χ1n) is 5.34. The van der Waals surface area contributed by atoms with Gasteiger partial charge in [-0.1, -0.05) is 6.92 Å². The molecule has 0 bridgehead atoms.